The van der Waals surface area contributed by atoms with E-state index in [4.69, 9.17) is 0 Å². The van der Waals surface area contributed by atoms with Gasteiger partial charge in [0.05, 0.1) is 0 Å². The quantitative estimate of drug-likeness (QED) is 0.621. The van der Waals surface area contributed by atoms with Crippen molar-refractivity contribution in [2.24, 2.45) is 0 Å². The first-order valence-electron chi connectivity index (χ1n) is 7.92. The van der Waals surface area contributed by atoms with Crippen LogP contribution < -0.4 is 0 Å². The number of nitrogens with zero attached hydrogens (tertiary/aromatic N) is 1. The highest BCUT2D eigenvalue weighted by molar-refractivity contribution is 8.11. The van der Waals surface area contributed by atoms with E-state index in [1.165, 1.54) is 5.57 Å². The number of aromatic nitrogens is 1. The van der Waals surface area contributed by atoms with Crippen molar-refractivity contribution < 1.29 is 5.11 Å². The van der Waals surface area contributed by atoms with Crippen molar-refractivity contribution in [1.29, 1.82) is 0 Å². The van der Waals surface area contributed by atoms with Crippen LogP contribution in [0.15, 0.2) is 66.3 Å². The standard InChI is InChI=1S/C21H23NOS/c1-6-8-11-19(14(3)7-2)24-16(5)18-13-15(4)17-10-9-12-22-20(17)21(18)23/h6,8-13,23H,1,5,7H2,2-4H3/b11-8-,19-14+. The van der Waals surface area contributed by atoms with Crippen molar-refractivity contribution in [1.82, 2.24) is 4.98 Å². The molecule has 24 heavy (non-hydrogen) atoms. The molecule has 1 heterocycles. The van der Waals surface area contributed by atoms with Gasteiger partial charge in [0.2, 0.25) is 0 Å². The first kappa shape index (κ1) is 18.1. The Kier molecular flexibility index (Phi) is 6.04. The fourth-order valence-corrected chi connectivity index (χ4v) is 3.39. The van der Waals surface area contributed by atoms with Gasteiger partial charge in [-0.25, -0.2) is 0 Å². The number of thioether (sulfide) groups is 1. The van der Waals surface area contributed by atoms with Gasteiger partial charge in [-0.2, -0.15) is 0 Å². The van der Waals surface area contributed by atoms with Gasteiger partial charge in [0.25, 0.3) is 0 Å². The lowest BCUT2D eigenvalue weighted by Crippen LogP contribution is -1.90. The zero-order valence-corrected chi connectivity index (χ0v) is 15.3. The van der Waals surface area contributed by atoms with Crippen LogP contribution in [0.25, 0.3) is 15.8 Å². The number of pyridine rings is 1. The Labute approximate surface area is 148 Å². The molecule has 2 rings (SSSR count). The van der Waals surface area contributed by atoms with Crippen LogP contribution in [0.5, 0.6) is 5.75 Å². The molecule has 0 aliphatic rings. The Morgan fingerprint density at radius 1 is 1.42 bits per heavy atom. The molecule has 124 valence electrons. The molecule has 0 bridgehead atoms. The van der Waals surface area contributed by atoms with E-state index in [9.17, 15) is 5.11 Å². The van der Waals surface area contributed by atoms with E-state index in [0.29, 0.717) is 5.52 Å². The van der Waals surface area contributed by atoms with Crippen LogP contribution in [0.1, 0.15) is 31.4 Å². The number of allylic oxidation sites excluding steroid dienone is 4. The summed E-state index contributed by atoms with van der Waals surface area (Å²) < 4.78 is 0. The molecule has 0 saturated heterocycles. The van der Waals surface area contributed by atoms with E-state index in [1.54, 1.807) is 24.0 Å². The van der Waals surface area contributed by atoms with Crippen LogP contribution in [-0.4, -0.2) is 10.1 Å². The second-order valence-electron chi connectivity index (χ2n) is 5.61. The summed E-state index contributed by atoms with van der Waals surface area (Å²) in [5.41, 5.74) is 3.70. The molecule has 0 spiro atoms. The number of aryl methyl sites for hydroxylation is 1. The van der Waals surface area contributed by atoms with E-state index in [0.717, 1.165) is 32.7 Å². The predicted octanol–water partition coefficient (Wildman–Crippen LogP) is 6.38. The highest BCUT2D eigenvalue weighted by Gasteiger charge is 2.14. The third kappa shape index (κ3) is 3.80. The zero-order chi connectivity index (χ0) is 17.7. The summed E-state index contributed by atoms with van der Waals surface area (Å²) in [5, 5.41) is 11.6. The molecule has 0 fully saturated rings. The minimum Gasteiger partial charge on any atom is -0.505 e. The largest absolute Gasteiger partial charge is 0.505 e. The molecule has 0 unspecified atom stereocenters. The van der Waals surface area contributed by atoms with E-state index >= 15 is 0 Å². The van der Waals surface area contributed by atoms with Crippen LogP contribution in [0.2, 0.25) is 0 Å². The molecule has 0 atom stereocenters. The van der Waals surface area contributed by atoms with Gasteiger partial charge in [-0.15, -0.1) is 0 Å². The van der Waals surface area contributed by atoms with E-state index < -0.39 is 0 Å². The Hall–Kier alpha value is -2.26. The summed E-state index contributed by atoms with van der Waals surface area (Å²) in [5.74, 6) is 0.190. The van der Waals surface area contributed by atoms with Crippen LogP contribution in [0.3, 0.4) is 0 Å². The normalized spacial score (nSPS) is 12.5. The molecule has 0 saturated carbocycles. The Balaban J connectivity index is 2.46. The van der Waals surface area contributed by atoms with Crippen molar-refractivity contribution in [3.05, 3.63) is 77.4 Å². The second kappa shape index (κ2) is 8.02. The monoisotopic (exact) mass is 337 g/mol. The number of rotatable bonds is 6. The molecule has 1 N–H and O–H groups in total. The highest BCUT2D eigenvalue weighted by atomic mass is 32.2. The topological polar surface area (TPSA) is 33.1 Å². The van der Waals surface area contributed by atoms with E-state index in [2.05, 4.69) is 32.0 Å². The Morgan fingerprint density at radius 2 is 2.17 bits per heavy atom. The number of phenols is 1. The van der Waals surface area contributed by atoms with Gasteiger partial charge in [0, 0.05) is 27.0 Å². The number of phenolic OH excluding ortho intramolecular Hbond substituents is 1. The predicted molar refractivity (Wildman–Crippen MR) is 107 cm³/mol. The smallest absolute Gasteiger partial charge is 0.150 e. The van der Waals surface area contributed by atoms with Gasteiger partial charge in [0.15, 0.2) is 0 Å². The lowest BCUT2D eigenvalue weighted by atomic mass is 10.0. The molecular formula is C21H23NOS. The van der Waals surface area contributed by atoms with E-state index in [1.807, 2.05) is 37.3 Å². The molecule has 0 aliphatic carbocycles. The van der Waals surface area contributed by atoms with Crippen molar-refractivity contribution in [2.75, 3.05) is 0 Å². The maximum Gasteiger partial charge on any atom is 0.150 e. The second-order valence-corrected chi connectivity index (χ2v) is 6.74. The van der Waals surface area contributed by atoms with Gasteiger partial charge in [-0.1, -0.05) is 55.6 Å². The molecule has 2 aromatic rings. The van der Waals surface area contributed by atoms with Crippen LogP contribution >= 0.6 is 11.8 Å². The lowest BCUT2D eigenvalue weighted by molar-refractivity contribution is 0.479. The third-order valence-corrected chi connectivity index (χ3v) is 5.11. The first-order chi connectivity index (χ1) is 11.5. The van der Waals surface area contributed by atoms with Crippen molar-refractivity contribution >= 4 is 27.6 Å². The van der Waals surface area contributed by atoms with Gasteiger partial charge < -0.3 is 5.11 Å². The molecule has 1 aromatic carbocycles. The Bertz CT molecular complexity index is 846. The number of fused-ring (bicyclic) bond motifs is 1. The molecule has 0 radical (unpaired) electrons. The third-order valence-electron chi connectivity index (χ3n) is 3.94. The zero-order valence-electron chi connectivity index (χ0n) is 14.5. The maximum absolute atomic E-state index is 10.6. The number of hydrogen-bond donors (Lipinski definition) is 1. The van der Waals surface area contributed by atoms with Crippen molar-refractivity contribution in [3.8, 4) is 5.75 Å². The number of benzene rings is 1. The van der Waals surface area contributed by atoms with Crippen molar-refractivity contribution in [2.45, 2.75) is 27.2 Å². The Morgan fingerprint density at radius 3 is 2.83 bits per heavy atom. The minimum atomic E-state index is 0.190. The summed E-state index contributed by atoms with van der Waals surface area (Å²) in [6.45, 7) is 14.2. The fourth-order valence-electron chi connectivity index (χ4n) is 2.40. The summed E-state index contributed by atoms with van der Waals surface area (Å²) in [7, 11) is 0. The molecule has 3 heteroatoms. The minimum absolute atomic E-state index is 0.190. The highest BCUT2D eigenvalue weighted by Crippen LogP contribution is 2.41. The van der Waals surface area contributed by atoms with E-state index in [-0.39, 0.29) is 5.75 Å². The van der Waals surface area contributed by atoms with Crippen molar-refractivity contribution in [3.63, 3.8) is 0 Å². The van der Waals surface area contributed by atoms with Gasteiger partial charge in [-0.05, 0) is 44.0 Å². The maximum atomic E-state index is 10.6. The van der Waals surface area contributed by atoms with Crippen LogP contribution in [0, 0.1) is 6.92 Å². The molecule has 1 aromatic heterocycles. The first-order valence-corrected chi connectivity index (χ1v) is 8.74. The average Bonchev–Trinajstić information content (AvgIpc) is 2.60. The number of aromatic hydroxyl groups is 1. The van der Waals surface area contributed by atoms with Gasteiger partial charge >= 0.3 is 0 Å². The summed E-state index contributed by atoms with van der Waals surface area (Å²) in [4.78, 5) is 6.26. The summed E-state index contributed by atoms with van der Waals surface area (Å²) in [6.07, 6.45) is 8.36. The fraction of sp³-hybridized carbons (Fsp3) is 0.190. The molecule has 0 aliphatic heterocycles. The number of hydrogen-bond acceptors (Lipinski definition) is 3. The SMILES string of the molecule is C=C/C=C\C(SC(=C)c1cc(C)c2cccnc2c1O)=C(\C)CC. The van der Waals surface area contributed by atoms with Crippen LogP contribution in [-0.2, 0) is 0 Å². The average molecular weight is 337 g/mol. The van der Waals surface area contributed by atoms with Gasteiger partial charge in [-0.3, -0.25) is 4.98 Å². The summed E-state index contributed by atoms with van der Waals surface area (Å²) >= 11 is 1.56. The lowest BCUT2D eigenvalue weighted by Gasteiger charge is -2.14. The van der Waals surface area contributed by atoms with Gasteiger partial charge in [0.1, 0.15) is 11.3 Å². The summed E-state index contributed by atoms with van der Waals surface area (Å²) in [6, 6.07) is 5.82. The molecular weight excluding hydrogens is 314 g/mol. The molecule has 2 nitrogen and oxygen atoms in total. The van der Waals surface area contributed by atoms with Crippen LogP contribution in [0.4, 0.5) is 0 Å². The molecule has 0 amide bonds.